The van der Waals surface area contributed by atoms with E-state index in [9.17, 15) is 19.2 Å². The van der Waals surface area contributed by atoms with Crippen molar-refractivity contribution >= 4 is 61.1 Å². The molecule has 7 nitrogen and oxygen atoms in total. The number of ketones is 2. The molecule has 9 heteroatoms. The van der Waals surface area contributed by atoms with Crippen molar-refractivity contribution < 1.29 is 28.7 Å². The quantitative estimate of drug-likeness (QED) is 0.217. The molecule has 0 spiro atoms. The molecule has 186 valence electrons. The predicted octanol–water partition coefficient (Wildman–Crippen LogP) is 5.18. The van der Waals surface area contributed by atoms with E-state index in [1.165, 1.54) is 4.90 Å². The van der Waals surface area contributed by atoms with E-state index in [1.807, 2.05) is 13.0 Å². The average Bonchev–Trinajstić information content (AvgIpc) is 2.86. The summed E-state index contributed by atoms with van der Waals surface area (Å²) in [7, 11) is 0. The van der Waals surface area contributed by atoms with Crippen molar-refractivity contribution in [3.8, 4) is 0 Å². The van der Waals surface area contributed by atoms with Crippen LogP contribution in [0, 0.1) is 6.92 Å². The minimum Gasteiger partial charge on any atom is -0.456 e. The van der Waals surface area contributed by atoms with Gasteiger partial charge in [-0.2, -0.15) is 0 Å². The Morgan fingerprint density at radius 1 is 0.694 bits per heavy atom. The highest BCUT2D eigenvalue weighted by Crippen LogP contribution is 2.17. The molecule has 3 aromatic carbocycles. The zero-order valence-electron chi connectivity index (χ0n) is 19.4. The van der Waals surface area contributed by atoms with Crippen LogP contribution in [0.5, 0.6) is 0 Å². The fraction of sp³-hybridized carbons (Fsp3) is 0.185. The molecule has 0 saturated carbocycles. The molecular formula is C27H23Br2NO6. The third-order valence-electron chi connectivity index (χ3n) is 5.07. The number of esters is 2. The third kappa shape index (κ3) is 8.42. The first-order valence-electron chi connectivity index (χ1n) is 10.9. The molecule has 0 heterocycles. The van der Waals surface area contributed by atoms with Crippen LogP contribution in [0.25, 0.3) is 0 Å². The van der Waals surface area contributed by atoms with Gasteiger partial charge < -0.3 is 14.4 Å². The molecule has 0 saturated heterocycles. The highest BCUT2D eigenvalue weighted by molar-refractivity contribution is 9.10. The normalized spacial score (nSPS) is 10.4. The number of carbonyl (C=O) groups is 4. The van der Waals surface area contributed by atoms with Crippen LogP contribution in [-0.4, -0.2) is 49.8 Å². The van der Waals surface area contributed by atoms with Crippen LogP contribution in [0.3, 0.4) is 0 Å². The summed E-state index contributed by atoms with van der Waals surface area (Å²) >= 11 is 6.61. The molecule has 0 aliphatic carbocycles. The van der Waals surface area contributed by atoms with Crippen molar-refractivity contribution in [1.29, 1.82) is 0 Å². The number of ether oxygens (including phenoxy) is 2. The molecule has 0 fully saturated rings. The zero-order chi connectivity index (χ0) is 26.1. The Bertz CT molecular complexity index is 1170. The van der Waals surface area contributed by atoms with Gasteiger partial charge in [-0.3, -0.25) is 19.2 Å². The van der Waals surface area contributed by atoms with Gasteiger partial charge in [0.05, 0.1) is 0 Å². The molecule has 0 aromatic heterocycles. The monoisotopic (exact) mass is 615 g/mol. The topological polar surface area (TPSA) is 90.0 Å². The highest BCUT2D eigenvalue weighted by atomic mass is 79.9. The summed E-state index contributed by atoms with van der Waals surface area (Å²) in [6.45, 7) is 0.467. The number of carbonyl (C=O) groups excluding carboxylic acids is 4. The maximum atomic E-state index is 12.5. The number of rotatable bonds is 11. The van der Waals surface area contributed by atoms with E-state index >= 15 is 0 Å². The number of benzene rings is 3. The SMILES string of the molecule is Cc1cccc(N(CC(=O)OCC(=O)c2ccc(Br)cc2)CC(=O)OCC(=O)c2ccc(Br)cc2)c1. The molecular weight excluding hydrogens is 594 g/mol. The fourth-order valence-corrected chi connectivity index (χ4v) is 3.73. The van der Waals surface area contributed by atoms with Crippen LogP contribution in [0.1, 0.15) is 26.3 Å². The summed E-state index contributed by atoms with van der Waals surface area (Å²) in [4.78, 5) is 51.2. The number of aryl methyl sites for hydroxylation is 1. The lowest BCUT2D eigenvalue weighted by atomic mass is 10.1. The number of Topliss-reactive ketones (excluding diaryl/α,β-unsaturated/α-hetero) is 2. The van der Waals surface area contributed by atoms with Crippen LogP contribution < -0.4 is 4.90 Å². The maximum Gasteiger partial charge on any atom is 0.326 e. The summed E-state index contributed by atoms with van der Waals surface area (Å²) in [5.41, 5.74) is 2.36. The van der Waals surface area contributed by atoms with Crippen molar-refractivity contribution in [3.05, 3.63) is 98.4 Å². The largest absolute Gasteiger partial charge is 0.456 e. The summed E-state index contributed by atoms with van der Waals surface area (Å²) in [5.74, 6) is -2.05. The lowest BCUT2D eigenvalue weighted by Gasteiger charge is -2.23. The first-order chi connectivity index (χ1) is 17.2. The van der Waals surface area contributed by atoms with E-state index in [4.69, 9.17) is 9.47 Å². The predicted molar refractivity (Wildman–Crippen MR) is 142 cm³/mol. The minimum atomic E-state index is -0.680. The van der Waals surface area contributed by atoms with Crippen LogP contribution in [0.15, 0.2) is 81.7 Å². The van der Waals surface area contributed by atoms with Crippen molar-refractivity contribution in [1.82, 2.24) is 0 Å². The summed E-state index contributed by atoms with van der Waals surface area (Å²) in [6, 6.07) is 20.6. The molecule has 0 N–H and O–H groups in total. The standard InChI is InChI=1S/C27H23Br2NO6/c1-18-3-2-4-23(13-18)30(14-26(33)35-16-24(31)19-5-9-21(28)10-6-19)15-27(34)36-17-25(32)20-7-11-22(29)12-8-20/h2-13H,14-17H2,1H3. The molecule has 0 bridgehead atoms. The van der Waals surface area contributed by atoms with Crippen LogP contribution >= 0.6 is 31.9 Å². The van der Waals surface area contributed by atoms with Crippen molar-refractivity contribution in [3.63, 3.8) is 0 Å². The molecule has 0 amide bonds. The van der Waals surface area contributed by atoms with Gasteiger partial charge in [0.15, 0.2) is 24.8 Å². The smallest absolute Gasteiger partial charge is 0.326 e. The van der Waals surface area contributed by atoms with Gasteiger partial charge in [0.25, 0.3) is 0 Å². The van der Waals surface area contributed by atoms with Gasteiger partial charge in [-0.1, -0.05) is 68.3 Å². The number of anilines is 1. The Kier molecular flexibility index (Phi) is 9.95. The summed E-state index contributed by atoms with van der Waals surface area (Å²) in [6.07, 6.45) is 0. The van der Waals surface area contributed by atoms with Crippen molar-refractivity contribution in [2.24, 2.45) is 0 Å². The maximum absolute atomic E-state index is 12.5. The van der Waals surface area contributed by atoms with E-state index in [0.29, 0.717) is 16.8 Å². The van der Waals surface area contributed by atoms with Crippen molar-refractivity contribution in [2.45, 2.75) is 6.92 Å². The van der Waals surface area contributed by atoms with E-state index in [-0.39, 0.29) is 24.7 Å². The molecule has 0 unspecified atom stereocenters. The second-order valence-corrected chi connectivity index (χ2v) is 9.71. The Balaban J connectivity index is 1.59. The van der Waals surface area contributed by atoms with Gasteiger partial charge in [0, 0.05) is 25.8 Å². The summed E-state index contributed by atoms with van der Waals surface area (Å²) in [5, 5.41) is 0. The first-order valence-corrected chi connectivity index (χ1v) is 12.5. The first kappa shape index (κ1) is 27.3. The van der Waals surface area contributed by atoms with E-state index in [2.05, 4.69) is 31.9 Å². The molecule has 3 rings (SSSR count). The second kappa shape index (κ2) is 13.1. The lowest BCUT2D eigenvalue weighted by Crippen LogP contribution is -2.37. The van der Waals surface area contributed by atoms with Crippen molar-refractivity contribution in [2.75, 3.05) is 31.2 Å². The summed E-state index contributed by atoms with van der Waals surface area (Å²) < 4.78 is 12.0. The van der Waals surface area contributed by atoms with E-state index < -0.39 is 25.2 Å². The lowest BCUT2D eigenvalue weighted by molar-refractivity contribution is -0.142. The minimum absolute atomic E-state index is 0.285. The van der Waals surface area contributed by atoms with Gasteiger partial charge in [0.2, 0.25) is 0 Å². The van der Waals surface area contributed by atoms with E-state index in [1.54, 1.807) is 66.7 Å². The third-order valence-corrected chi connectivity index (χ3v) is 6.12. The van der Waals surface area contributed by atoms with Crippen LogP contribution in [-0.2, 0) is 19.1 Å². The van der Waals surface area contributed by atoms with Gasteiger partial charge >= 0.3 is 11.9 Å². The molecule has 0 atom stereocenters. The van der Waals surface area contributed by atoms with Gasteiger partial charge in [-0.15, -0.1) is 0 Å². The molecule has 0 aliphatic heterocycles. The number of nitrogens with zero attached hydrogens (tertiary/aromatic N) is 1. The highest BCUT2D eigenvalue weighted by Gasteiger charge is 2.19. The van der Waals surface area contributed by atoms with Gasteiger partial charge in [-0.05, 0) is 48.9 Å². The fourth-order valence-electron chi connectivity index (χ4n) is 3.20. The number of hydrogen-bond donors (Lipinski definition) is 0. The Morgan fingerprint density at radius 2 is 1.14 bits per heavy atom. The molecule has 3 aromatic rings. The molecule has 36 heavy (non-hydrogen) atoms. The Labute approximate surface area is 225 Å². The number of halogens is 2. The van der Waals surface area contributed by atoms with Crippen LogP contribution in [0.4, 0.5) is 5.69 Å². The van der Waals surface area contributed by atoms with Gasteiger partial charge in [-0.25, -0.2) is 0 Å². The second-order valence-electron chi connectivity index (χ2n) is 7.88. The Morgan fingerprint density at radius 3 is 1.56 bits per heavy atom. The van der Waals surface area contributed by atoms with Crippen LogP contribution in [0.2, 0.25) is 0 Å². The number of hydrogen-bond acceptors (Lipinski definition) is 7. The average molecular weight is 617 g/mol. The molecule has 0 radical (unpaired) electrons. The Hall–Kier alpha value is -3.30. The van der Waals surface area contributed by atoms with Gasteiger partial charge in [0.1, 0.15) is 13.1 Å². The molecule has 0 aliphatic rings. The zero-order valence-corrected chi connectivity index (χ0v) is 22.6. The van der Waals surface area contributed by atoms with E-state index in [0.717, 1.165) is 14.5 Å².